The second-order valence-electron chi connectivity index (χ2n) is 5.70. The van der Waals surface area contributed by atoms with Gasteiger partial charge in [-0.3, -0.25) is 0 Å². The maximum absolute atomic E-state index is 4.81. The van der Waals surface area contributed by atoms with Crippen molar-refractivity contribution in [1.82, 2.24) is 15.8 Å². The SMILES string of the molecule is CCCCC1/C=C(N2CCCCC2)/N=C(C)\C=C/NN1. The summed E-state index contributed by atoms with van der Waals surface area (Å²) in [6.45, 7) is 6.57. The first-order chi connectivity index (χ1) is 9.79. The Morgan fingerprint density at radius 2 is 2.10 bits per heavy atom. The van der Waals surface area contributed by atoms with Crippen LogP contribution in [0.15, 0.2) is 29.2 Å². The highest BCUT2D eigenvalue weighted by Crippen LogP contribution is 2.18. The molecule has 0 radical (unpaired) electrons. The van der Waals surface area contributed by atoms with Gasteiger partial charge in [0, 0.05) is 31.0 Å². The standard InChI is InChI=1S/C16H28N4/c1-3-4-8-15-13-16(20-11-6-5-7-12-20)18-14(2)9-10-17-19-15/h9-10,13,15,17,19H,3-8,11-12H2,1-2H3/b10-9-,16-13-,18-14-. The molecular weight excluding hydrogens is 248 g/mol. The highest BCUT2D eigenvalue weighted by Gasteiger charge is 2.15. The number of allylic oxidation sites excluding steroid dienone is 1. The molecule has 0 spiro atoms. The molecular formula is C16H28N4. The molecule has 112 valence electrons. The number of likely N-dealkylation sites (tertiary alicyclic amines) is 1. The third kappa shape index (κ3) is 4.67. The molecule has 0 aromatic heterocycles. The van der Waals surface area contributed by atoms with Crippen LogP contribution in [-0.2, 0) is 0 Å². The Balaban J connectivity index is 2.16. The van der Waals surface area contributed by atoms with Gasteiger partial charge in [0.15, 0.2) is 0 Å². The van der Waals surface area contributed by atoms with Crippen LogP contribution in [0.4, 0.5) is 0 Å². The summed E-state index contributed by atoms with van der Waals surface area (Å²) >= 11 is 0. The van der Waals surface area contributed by atoms with E-state index in [1.54, 1.807) is 0 Å². The molecule has 2 heterocycles. The minimum Gasteiger partial charge on any atom is -0.357 e. The van der Waals surface area contributed by atoms with Crippen LogP contribution in [0.1, 0.15) is 52.4 Å². The first-order valence-electron chi connectivity index (χ1n) is 7.99. The van der Waals surface area contributed by atoms with Gasteiger partial charge < -0.3 is 10.3 Å². The Labute approximate surface area is 123 Å². The highest BCUT2D eigenvalue weighted by atomic mass is 15.4. The third-order valence-electron chi connectivity index (χ3n) is 3.87. The van der Waals surface area contributed by atoms with Crippen molar-refractivity contribution in [2.45, 2.75) is 58.4 Å². The van der Waals surface area contributed by atoms with Crippen LogP contribution in [0, 0.1) is 0 Å². The van der Waals surface area contributed by atoms with Gasteiger partial charge in [0.2, 0.25) is 0 Å². The lowest BCUT2D eigenvalue weighted by atomic mass is 10.1. The maximum atomic E-state index is 4.81. The fraction of sp³-hybridized carbons (Fsp3) is 0.688. The van der Waals surface area contributed by atoms with Gasteiger partial charge >= 0.3 is 0 Å². The predicted octanol–water partition coefficient (Wildman–Crippen LogP) is 2.95. The second kappa shape index (κ2) is 8.10. The topological polar surface area (TPSA) is 39.7 Å². The number of aliphatic imine (C=N–C) groups is 1. The molecule has 0 saturated carbocycles. The Bertz CT molecular complexity index is 378. The molecule has 4 heteroatoms. The number of unbranched alkanes of at least 4 members (excludes halogenated alkanes) is 1. The quantitative estimate of drug-likeness (QED) is 0.829. The summed E-state index contributed by atoms with van der Waals surface area (Å²) in [5.41, 5.74) is 7.59. The number of piperidine rings is 1. The van der Waals surface area contributed by atoms with Crippen molar-refractivity contribution < 1.29 is 0 Å². The number of nitrogens with zero attached hydrogens (tertiary/aromatic N) is 2. The van der Waals surface area contributed by atoms with Crippen LogP contribution in [0.3, 0.4) is 0 Å². The average molecular weight is 276 g/mol. The fourth-order valence-electron chi connectivity index (χ4n) is 2.67. The molecule has 20 heavy (non-hydrogen) atoms. The summed E-state index contributed by atoms with van der Waals surface area (Å²) < 4.78 is 0. The van der Waals surface area contributed by atoms with Crippen LogP contribution in [0.25, 0.3) is 0 Å². The number of hydrogen-bond acceptors (Lipinski definition) is 4. The van der Waals surface area contributed by atoms with E-state index in [0.717, 1.165) is 31.0 Å². The van der Waals surface area contributed by atoms with Crippen molar-refractivity contribution in [3.8, 4) is 0 Å². The summed E-state index contributed by atoms with van der Waals surface area (Å²) in [5.74, 6) is 1.14. The molecule has 4 nitrogen and oxygen atoms in total. The van der Waals surface area contributed by atoms with Crippen LogP contribution in [0.2, 0.25) is 0 Å². The third-order valence-corrected chi connectivity index (χ3v) is 3.87. The molecule has 2 aliphatic heterocycles. The zero-order valence-corrected chi connectivity index (χ0v) is 12.9. The first kappa shape index (κ1) is 15.1. The van der Waals surface area contributed by atoms with E-state index in [1.165, 1.54) is 32.1 Å². The number of hydrazine groups is 1. The first-order valence-corrected chi connectivity index (χ1v) is 7.99. The molecule has 1 atom stereocenters. The van der Waals surface area contributed by atoms with E-state index in [-0.39, 0.29) is 0 Å². The summed E-state index contributed by atoms with van der Waals surface area (Å²) in [6.07, 6.45) is 13.8. The van der Waals surface area contributed by atoms with Gasteiger partial charge in [0.1, 0.15) is 5.82 Å². The zero-order valence-electron chi connectivity index (χ0n) is 12.9. The van der Waals surface area contributed by atoms with Gasteiger partial charge in [-0.05, 0) is 44.8 Å². The molecule has 0 aromatic rings. The van der Waals surface area contributed by atoms with Crippen molar-refractivity contribution in [1.29, 1.82) is 0 Å². The molecule has 1 fully saturated rings. The average Bonchev–Trinajstić information content (AvgIpc) is 2.57. The van der Waals surface area contributed by atoms with Gasteiger partial charge in [-0.25, -0.2) is 10.4 Å². The summed E-state index contributed by atoms with van der Waals surface area (Å²) in [4.78, 5) is 7.25. The molecule has 0 aliphatic carbocycles. The number of rotatable bonds is 4. The summed E-state index contributed by atoms with van der Waals surface area (Å²) in [6, 6.07) is 0.339. The largest absolute Gasteiger partial charge is 0.357 e. The minimum absolute atomic E-state index is 0.339. The van der Waals surface area contributed by atoms with E-state index < -0.39 is 0 Å². The van der Waals surface area contributed by atoms with Gasteiger partial charge in [-0.15, -0.1) is 0 Å². The van der Waals surface area contributed by atoms with Crippen molar-refractivity contribution in [2.24, 2.45) is 4.99 Å². The van der Waals surface area contributed by atoms with Gasteiger partial charge in [0.05, 0.1) is 0 Å². The monoisotopic (exact) mass is 276 g/mol. The Morgan fingerprint density at radius 1 is 1.30 bits per heavy atom. The lowest BCUT2D eigenvalue weighted by Crippen LogP contribution is -2.37. The zero-order chi connectivity index (χ0) is 14.2. The lowest BCUT2D eigenvalue weighted by molar-refractivity contribution is 0.280. The number of nitrogens with one attached hydrogen (secondary N) is 2. The van der Waals surface area contributed by atoms with Crippen LogP contribution in [0.5, 0.6) is 0 Å². The van der Waals surface area contributed by atoms with Gasteiger partial charge in [0.25, 0.3) is 0 Å². The smallest absolute Gasteiger partial charge is 0.126 e. The number of hydrogen-bond donors (Lipinski definition) is 2. The molecule has 0 bridgehead atoms. The molecule has 2 N–H and O–H groups in total. The molecule has 0 amide bonds. The van der Waals surface area contributed by atoms with Crippen LogP contribution in [-0.4, -0.2) is 29.7 Å². The summed E-state index contributed by atoms with van der Waals surface area (Å²) in [7, 11) is 0. The van der Waals surface area contributed by atoms with Crippen molar-refractivity contribution >= 4 is 5.71 Å². The normalized spacial score (nSPS) is 30.9. The molecule has 0 aromatic carbocycles. The van der Waals surface area contributed by atoms with Gasteiger partial charge in [-0.2, -0.15) is 0 Å². The Morgan fingerprint density at radius 3 is 2.85 bits per heavy atom. The summed E-state index contributed by atoms with van der Waals surface area (Å²) in [5, 5.41) is 0. The van der Waals surface area contributed by atoms with E-state index in [1.807, 2.05) is 12.3 Å². The molecule has 2 aliphatic rings. The van der Waals surface area contributed by atoms with Crippen molar-refractivity contribution in [3.05, 3.63) is 24.2 Å². The minimum atomic E-state index is 0.339. The molecule has 1 saturated heterocycles. The second-order valence-corrected chi connectivity index (χ2v) is 5.70. The fourth-order valence-corrected chi connectivity index (χ4v) is 2.67. The van der Waals surface area contributed by atoms with Gasteiger partial charge in [-0.1, -0.05) is 19.8 Å². The Kier molecular flexibility index (Phi) is 6.12. The van der Waals surface area contributed by atoms with E-state index >= 15 is 0 Å². The van der Waals surface area contributed by atoms with E-state index in [2.05, 4.69) is 35.7 Å². The lowest BCUT2D eigenvalue weighted by Gasteiger charge is -2.30. The van der Waals surface area contributed by atoms with Crippen LogP contribution < -0.4 is 10.9 Å². The van der Waals surface area contributed by atoms with E-state index in [4.69, 9.17) is 4.99 Å². The predicted molar refractivity (Wildman–Crippen MR) is 85.3 cm³/mol. The molecule has 2 rings (SSSR count). The Hall–Kier alpha value is -1.29. The van der Waals surface area contributed by atoms with Crippen molar-refractivity contribution in [2.75, 3.05) is 13.1 Å². The van der Waals surface area contributed by atoms with E-state index in [0.29, 0.717) is 6.04 Å². The highest BCUT2D eigenvalue weighted by molar-refractivity contribution is 5.93. The molecule has 1 unspecified atom stereocenters. The van der Waals surface area contributed by atoms with Crippen molar-refractivity contribution in [3.63, 3.8) is 0 Å². The maximum Gasteiger partial charge on any atom is 0.126 e. The van der Waals surface area contributed by atoms with Crippen LogP contribution >= 0.6 is 0 Å². The van der Waals surface area contributed by atoms with E-state index in [9.17, 15) is 0 Å².